The van der Waals surface area contributed by atoms with Crippen LogP contribution < -0.4 is 9.64 Å². The molecule has 0 saturated carbocycles. The van der Waals surface area contributed by atoms with Crippen LogP contribution in [0.25, 0.3) is 0 Å². The Balaban J connectivity index is 1.52. The molecule has 0 atom stereocenters. The predicted octanol–water partition coefficient (Wildman–Crippen LogP) is 2.66. The lowest BCUT2D eigenvalue weighted by atomic mass is 9.73. The zero-order valence-corrected chi connectivity index (χ0v) is 14.6. The number of ether oxygens (including phenoxy) is 2. The molecule has 136 valence electrons. The van der Waals surface area contributed by atoms with Crippen LogP contribution in [-0.4, -0.2) is 55.8 Å². The molecule has 0 unspecified atom stereocenters. The first-order valence-electron chi connectivity index (χ1n) is 8.47. The van der Waals surface area contributed by atoms with Crippen LogP contribution in [0.4, 0.5) is 16.2 Å². The second kappa shape index (κ2) is 6.78. The van der Waals surface area contributed by atoms with Crippen LogP contribution in [0.1, 0.15) is 19.8 Å². The molecule has 0 bridgehead atoms. The monoisotopic (exact) mass is 349 g/mol. The van der Waals surface area contributed by atoms with Crippen molar-refractivity contribution in [3.05, 3.63) is 28.3 Å². The van der Waals surface area contributed by atoms with Gasteiger partial charge in [0.25, 0.3) is 0 Å². The summed E-state index contributed by atoms with van der Waals surface area (Å²) < 4.78 is 10.3. The molecule has 8 heteroatoms. The fourth-order valence-corrected chi connectivity index (χ4v) is 3.45. The van der Waals surface area contributed by atoms with Crippen molar-refractivity contribution in [2.24, 2.45) is 5.41 Å². The molecular formula is C17H23N3O5. The van der Waals surface area contributed by atoms with Gasteiger partial charge in [-0.05, 0) is 12.5 Å². The number of hydrogen-bond donors (Lipinski definition) is 0. The molecular weight excluding hydrogens is 326 g/mol. The van der Waals surface area contributed by atoms with Crippen molar-refractivity contribution < 1.29 is 19.2 Å². The van der Waals surface area contributed by atoms with Gasteiger partial charge in [-0.2, -0.15) is 0 Å². The van der Waals surface area contributed by atoms with Gasteiger partial charge in [-0.3, -0.25) is 10.1 Å². The van der Waals surface area contributed by atoms with Gasteiger partial charge in [-0.1, -0.05) is 13.3 Å². The van der Waals surface area contributed by atoms with Crippen molar-refractivity contribution >= 4 is 17.5 Å². The van der Waals surface area contributed by atoms with Gasteiger partial charge in [0.1, 0.15) is 0 Å². The Bertz CT molecular complexity index is 664. The van der Waals surface area contributed by atoms with E-state index in [0.717, 1.165) is 31.6 Å². The van der Waals surface area contributed by atoms with Crippen LogP contribution in [0.15, 0.2) is 18.2 Å². The second-order valence-corrected chi connectivity index (χ2v) is 6.79. The first kappa shape index (κ1) is 17.3. The van der Waals surface area contributed by atoms with E-state index in [-0.39, 0.29) is 22.9 Å². The standard InChI is InChI=1S/C17H23N3O5/c1-3-4-7-25-16(21)19-11-17(12-19)9-18(10-17)13-5-6-14(20(22)23)15(8-13)24-2/h5-6,8H,3-4,7,9-12H2,1-2H3. The predicted molar refractivity (Wildman–Crippen MR) is 92.1 cm³/mol. The minimum absolute atomic E-state index is 0.0360. The number of nitro groups is 1. The normalized spacial score (nSPS) is 17.7. The summed E-state index contributed by atoms with van der Waals surface area (Å²) >= 11 is 0. The maximum atomic E-state index is 11.9. The van der Waals surface area contributed by atoms with Crippen LogP contribution in [0.2, 0.25) is 0 Å². The summed E-state index contributed by atoms with van der Waals surface area (Å²) in [6, 6.07) is 4.90. The summed E-state index contributed by atoms with van der Waals surface area (Å²) in [5, 5.41) is 11.0. The van der Waals surface area contributed by atoms with Crippen LogP contribution in [0.3, 0.4) is 0 Å². The number of carbonyl (C=O) groups excluding carboxylic acids is 1. The van der Waals surface area contributed by atoms with Crippen molar-refractivity contribution in [1.82, 2.24) is 4.90 Å². The maximum Gasteiger partial charge on any atom is 0.409 e. The van der Waals surface area contributed by atoms with E-state index in [1.54, 1.807) is 17.0 Å². The number of benzene rings is 1. The average molecular weight is 349 g/mol. The molecule has 3 rings (SSSR count). The van der Waals surface area contributed by atoms with Gasteiger partial charge in [0.05, 0.1) is 18.6 Å². The first-order chi connectivity index (χ1) is 12.0. The summed E-state index contributed by atoms with van der Waals surface area (Å²) in [5.74, 6) is 0.262. The SMILES string of the molecule is CCCCOC(=O)N1CC2(C1)CN(c1ccc([N+](=O)[O-])c(OC)c1)C2. The molecule has 2 fully saturated rings. The summed E-state index contributed by atoms with van der Waals surface area (Å²) in [4.78, 5) is 26.3. The van der Waals surface area contributed by atoms with E-state index in [0.29, 0.717) is 19.7 Å². The molecule has 2 aliphatic heterocycles. The largest absolute Gasteiger partial charge is 0.490 e. The number of nitrogens with zero attached hydrogens (tertiary/aromatic N) is 3. The number of amides is 1. The quantitative estimate of drug-likeness (QED) is 0.446. The van der Waals surface area contributed by atoms with Crippen molar-refractivity contribution in [1.29, 1.82) is 0 Å². The van der Waals surface area contributed by atoms with E-state index in [2.05, 4.69) is 11.8 Å². The first-order valence-corrected chi connectivity index (χ1v) is 8.47. The summed E-state index contributed by atoms with van der Waals surface area (Å²) in [5.41, 5.74) is 0.988. The molecule has 2 aliphatic rings. The van der Waals surface area contributed by atoms with Gasteiger partial charge in [0.15, 0.2) is 5.75 Å². The zero-order chi connectivity index (χ0) is 18.0. The molecule has 1 spiro atoms. The highest BCUT2D eigenvalue weighted by Gasteiger charge is 2.53. The van der Waals surface area contributed by atoms with Crippen LogP contribution in [0, 0.1) is 15.5 Å². The van der Waals surface area contributed by atoms with Gasteiger partial charge in [-0.25, -0.2) is 4.79 Å². The van der Waals surface area contributed by atoms with E-state index in [4.69, 9.17) is 9.47 Å². The van der Waals surface area contributed by atoms with Crippen LogP contribution in [0.5, 0.6) is 5.75 Å². The van der Waals surface area contributed by atoms with Crippen molar-refractivity contribution in [2.45, 2.75) is 19.8 Å². The molecule has 0 N–H and O–H groups in total. The Kier molecular flexibility index (Phi) is 4.69. The number of likely N-dealkylation sites (tertiary alicyclic amines) is 1. The topological polar surface area (TPSA) is 85.2 Å². The highest BCUT2D eigenvalue weighted by molar-refractivity contribution is 5.70. The molecule has 1 aromatic rings. The van der Waals surface area contributed by atoms with E-state index in [1.807, 2.05) is 0 Å². The number of anilines is 1. The molecule has 1 aromatic carbocycles. The average Bonchev–Trinajstić information content (AvgIpc) is 2.52. The zero-order valence-electron chi connectivity index (χ0n) is 14.6. The van der Waals surface area contributed by atoms with Gasteiger partial charge < -0.3 is 19.3 Å². The third-order valence-electron chi connectivity index (χ3n) is 4.81. The minimum atomic E-state index is -0.450. The maximum absolute atomic E-state index is 11.9. The van der Waals surface area contributed by atoms with Gasteiger partial charge in [0.2, 0.25) is 0 Å². The van der Waals surface area contributed by atoms with E-state index >= 15 is 0 Å². The Labute approximate surface area is 146 Å². The summed E-state index contributed by atoms with van der Waals surface area (Å²) in [6.07, 6.45) is 1.67. The molecule has 0 radical (unpaired) electrons. The highest BCUT2D eigenvalue weighted by Crippen LogP contribution is 2.43. The lowest BCUT2D eigenvalue weighted by Gasteiger charge is -2.60. The molecule has 25 heavy (non-hydrogen) atoms. The van der Waals surface area contributed by atoms with Gasteiger partial charge in [-0.15, -0.1) is 0 Å². The summed E-state index contributed by atoms with van der Waals surface area (Å²) in [6.45, 7) is 5.60. The molecule has 1 amide bonds. The third kappa shape index (κ3) is 3.33. The van der Waals surface area contributed by atoms with E-state index < -0.39 is 4.92 Å². The van der Waals surface area contributed by atoms with Crippen LogP contribution in [-0.2, 0) is 4.74 Å². The van der Waals surface area contributed by atoms with Crippen molar-refractivity contribution in [3.63, 3.8) is 0 Å². The van der Waals surface area contributed by atoms with E-state index in [1.165, 1.54) is 13.2 Å². The highest BCUT2D eigenvalue weighted by atomic mass is 16.6. The Morgan fingerprint density at radius 1 is 1.32 bits per heavy atom. The lowest BCUT2D eigenvalue weighted by Crippen LogP contribution is -2.73. The van der Waals surface area contributed by atoms with Crippen molar-refractivity contribution in [2.75, 3.05) is 44.8 Å². The Morgan fingerprint density at radius 2 is 2.04 bits per heavy atom. The number of unbranched alkanes of at least 4 members (excludes halogenated alkanes) is 1. The fourth-order valence-electron chi connectivity index (χ4n) is 3.45. The van der Waals surface area contributed by atoms with Crippen LogP contribution >= 0.6 is 0 Å². The number of hydrogen-bond acceptors (Lipinski definition) is 6. The minimum Gasteiger partial charge on any atom is -0.490 e. The third-order valence-corrected chi connectivity index (χ3v) is 4.81. The molecule has 2 heterocycles. The second-order valence-electron chi connectivity index (χ2n) is 6.79. The fraction of sp³-hybridized carbons (Fsp3) is 0.588. The number of rotatable bonds is 6. The number of carbonyl (C=O) groups is 1. The molecule has 8 nitrogen and oxygen atoms in total. The number of nitro benzene ring substituents is 1. The lowest BCUT2D eigenvalue weighted by molar-refractivity contribution is -0.385. The smallest absolute Gasteiger partial charge is 0.409 e. The van der Waals surface area contributed by atoms with Crippen molar-refractivity contribution in [3.8, 4) is 5.75 Å². The number of methoxy groups -OCH3 is 1. The van der Waals surface area contributed by atoms with E-state index in [9.17, 15) is 14.9 Å². The Hall–Kier alpha value is -2.51. The van der Waals surface area contributed by atoms with Gasteiger partial charge >= 0.3 is 11.8 Å². The Morgan fingerprint density at radius 3 is 2.64 bits per heavy atom. The van der Waals surface area contributed by atoms with Gasteiger partial charge in [0, 0.05) is 49.4 Å². The molecule has 0 aliphatic carbocycles. The summed E-state index contributed by atoms with van der Waals surface area (Å²) in [7, 11) is 1.43. The molecule has 2 saturated heterocycles. The molecule has 0 aromatic heterocycles.